The number of rotatable bonds is 0. The summed E-state index contributed by atoms with van der Waals surface area (Å²) in [5.74, 6) is 2.58. The van der Waals surface area contributed by atoms with E-state index in [0.717, 1.165) is 32.2 Å². The van der Waals surface area contributed by atoms with Crippen molar-refractivity contribution in [3.8, 4) is 23.0 Å². The van der Waals surface area contributed by atoms with Crippen molar-refractivity contribution in [2.75, 3.05) is 0 Å². The van der Waals surface area contributed by atoms with Gasteiger partial charge in [0.15, 0.2) is 7.14 Å². The Balaban J connectivity index is 1.66. The van der Waals surface area contributed by atoms with E-state index in [4.69, 9.17) is 9.47 Å². The lowest BCUT2D eigenvalue weighted by atomic mass is 10.1. The molecule has 0 saturated carbocycles. The molecule has 0 N–H and O–H groups in total. The largest absolute Gasteiger partial charge is 0.455 e. The molecule has 0 aliphatic carbocycles. The van der Waals surface area contributed by atoms with Crippen molar-refractivity contribution in [3.63, 3.8) is 0 Å². The van der Waals surface area contributed by atoms with Gasteiger partial charge in [0.25, 0.3) is 0 Å². The molecule has 30 heavy (non-hydrogen) atoms. The molecule has 5 aromatic rings. The van der Waals surface area contributed by atoms with Crippen molar-refractivity contribution < 1.29 is 14.0 Å². The average Bonchev–Trinajstić information content (AvgIpc) is 2.79. The van der Waals surface area contributed by atoms with Crippen LogP contribution in [0.15, 0.2) is 91.0 Å². The highest BCUT2D eigenvalue weighted by molar-refractivity contribution is 7.86. The predicted molar refractivity (Wildman–Crippen MR) is 121 cm³/mol. The van der Waals surface area contributed by atoms with E-state index in [-0.39, 0.29) is 0 Å². The summed E-state index contributed by atoms with van der Waals surface area (Å²) in [5.41, 5.74) is 0. The Morgan fingerprint density at radius 2 is 1.03 bits per heavy atom. The van der Waals surface area contributed by atoms with Crippen LogP contribution in [0.2, 0.25) is 0 Å². The van der Waals surface area contributed by atoms with E-state index in [2.05, 4.69) is 0 Å². The van der Waals surface area contributed by atoms with Crippen LogP contribution >= 0.6 is 7.14 Å². The Hall–Kier alpha value is -3.55. The van der Waals surface area contributed by atoms with Crippen LogP contribution < -0.4 is 25.4 Å². The molecule has 0 unspecified atom stereocenters. The van der Waals surface area contributed by atoms with E-state index in [1.54, 1.807) is 0 Å². The molecule has 2 aliphatic rings. The maximum atomic E-state index is 15.1. The normalized spacial score (nSPS) is 14.9. The molecule has 7 rings (SSSR count). The smallest absolute Gasteiger partial charge is 0.185 e. The van der Waals surface area contributed by atoms with Crippen LogP contribution in [-0.4, -0.2) is 0 Å². The van der Waals surface area contributed by atoms with Gasteiger partial charge < -0.3 is 14.0 Å². The first-order chi connectivity index (χ1) is 14.7. The van der Waals surface area contributed by atoms with Crippen molar-refractivity contribution in [1.29, 1.82) is 0 Å². The second kappa shape index (κ2) is 5.53. The highest BCUT2D eigenvalue weighted by atomic mass is 31.2. The standard InChI is InChI=1S/C26H15O3P/c27-30-22-14-12-16-6-1-3-8-18(16)24(22)28-20-10-5-11-21(26(20)30)29-25-19-9-4-2-7-17(19)13-15-23(25)30/h1-15H. The van der Waals surface area contributed by atoms with Crippen LogP contribution in [0.5, 0.6) is 23.0 Å². The summed E-state index contributed by atoms with van der Waals surface area (Å²) >= 11 is 0. The maximum Gasteiger partial charge on any atom is 0.185 e. The molecule has 0 radical (unpaired) electrons. The summed E-state index contributed by atoms with van der Waals surface area (Å²) in [6.07, 6.45) is 0. The molecule has 142 valence electrons. The zero-order valence-corrected chi connectivity index (χ0v) is 16.7. The molecule has 2 heterocycles. The molecule has 0 amide bonds. The molecule has 0 bridgehead atoms. The number of fused-ring (bicyclic) bond motifs is 8. The van der Waals surface area contributed by atoms with Crippen LogP contribution in [0.4, 0.5) is 0 Å². The Kier molecular flexibility index (Phi) is 3.00. The fourth-order valence-corrected chi connectivity index (χ4v) is 7.82. The van der Waals surface area contributed by atoms with Gasteiger partial charge in [0.2, 0.25) is 0 Å². The quantitative estimate of drug-likeness (QED) is 0.297. The number of ether oxygens (including phenoxy) is 2. The van der Waals surface area contributed by atoms with E-state index in [1.807, 2.05) is 91.0 Å². The van der Waals surface area contributed by atoms with E-state index >= 15 is 4.57 Å². The van der Waals surface area contributed by atoms with Crippen molar-refractivity contribution in [1.82, 2.24) is 0 Å². The third-order valence-corrected chi connectivity index (χ3v) is 9.23. The van der Waals surface area contributed by atoms with Gasteiger partial charge in [-0.05, 0) is 35.0 Å². The lowest BCUT2D eigenvalue weighted by molar-refractivity contribution is 0.467. The maximum absolute atomic E-state index is 15.1. The Morgan fingerprint density at radius 1 is 0.533 bits per heavy atom. The van der Waals surface area contributed by atoms with E-state index in [0.29, 0.717) is 28.3 Å². The molecular weight excluding hydrogens is 391 g/mol. The van der Waals surface area contributed by atoms with E-state index < -0.39 is 7.14 Å². The summed E-state index contributed by atoms with van der Waals surface area (Å²) in [7, 11) is -3.17. The molecular formula is C26H15O3P. The van der Waals surface area contributed by atoms with Gasteiger partial charge in [-0.15, -0.1) is 0 Å². The minimum absolute atomic E-state index is 0.610. The number of benzene rings is 5. The SMILES string of the molecule is O=P12c3ccc4ccccc4c3Oc3cccc(c31)Oc1c2ccc2ccccc12. The summed E-state index contributed by atoms with van der Waals surface area (Å²) in [6, 6.07) is 29.8. The van der Waals surface area contributed by atoms with Gasteiger partial charge in [0, 0.05) is 10.8 Å². The van der Waals surface area contributed by atoms with Crippen molar-refractivity contribution >= 4 is 44.6 Å². The molecule has 0 spiro atoms. The molecule has 0 fully saturated rings. The average molecular weight is 406 g/mol. The summed E-state index contributed by atoms with van der Waals surface area (Å²) < 4.78 is 27.8. The first-order valence-electron chi connectivity index (χ1n) is 9.89. The van der Waals surface area contributed by atoms with Gasteiger partial charge in [0.05, 0.1) is 10.6 Å². The monoisotopic (exact) mass is 406 g/mol. The Labute approximate surface area is 172 Å². The lowest BCUT2D eigenvalue weighted by Crippen LogP contribution is -2.35. The molecule has 4 heteroatoms. The van der Waals surface area contributed by atoms with Crippen LogP contribution in [0.1, 0.15) is 0 Å². The fraction of sp³-hybridized carbons (Fsp3) is 0. The van der Waals surface area contributed by atoms with Crippen LogP contribution in [0, 0.1) is 0 Å². The molecule has 0 saturated heterocycles. The van der Waals surface area contributed by atoms with Crippen LogP contribution in [0.25, 0.3) is 21.5 Å². The van der Waals surface area contributed by atoms with Gasteiger partial charge in [-0.2, -0.15) is 0 Å². The van der Waals surface area contributed by atoms with E-state index in [9.17, 15) is 0 Å². The molecule has 0 atom stereocenters. The van der Waals surface area contributed by atoms with Gasteiger partial charge in [-0.3, -0.25) is 0 Å². The highest BCUT2D eigenvalue weighted by Crippen LogP contribution is 2.59. The highest BCUT2D eigenvalue weighted by Gasteiger charge is 2.47. The second-order valence-electron chi connectivity index (χ2n) is 7.69. The third-order valence-electron chi connectivity index (χ3n) is 6.10. The Bertz CT molecular complexity index is 1470. The Morgan fingerprint density at radius 3 is 1.57 bits per heavy atom. The van der Waals surface area contributed by atoms with Gasteiger partial charge in [-0.25, -0.2) is 0 Å². The number of hydrogen-bond donors (Lipinski definition) is 0. The van der Waals surface area contributed by atoms with Crippen molar-refractivity contribution in [2.24, 2.45) is 0 Å². The van der Waals surface area contributed by atoms with Gasteiger partial charge in [0.1, 0.15) is 28.3 Å². The topological polar surface area (TPSA) is 35.5 Å². The van der Waals surface area contributed by atoms with Crippen LogP contribution in [0.3, 0.4) is 0 Å². The summed E-state index contributed by atoms with van der Waals surface area (Å²) in [5, 5.41) is 6.20. The molecule has 3 nitrogen and oxygen atoms in total. The number of hydrogen-bond acceptors (Lipinski definition) is 3. The van der Waals surface area contributed by atoms with Gasteiger partial charge >= 0.3 is 0 Å². The third kappa shape index (κ3) is 1.89. The zero-order valence-electron chi connectivity index (χ0n) is 15.8. The summed E-state index contributed by atoms with van der Waals surface area (Å²) in [6.45, 7) is 0. The van der Waals surface area contributed by atoms with Gasteiger partial charge in [-0.1, -0.05) is 66.7 Å². The van der Waals surface area contributed by atoms with Crippen LogP contribution in [-0.2, 0) is 4.57 Å². The summed E-state index contributed by atoms with van der Waals surface area (Å²) in [4.78, 5) is 0. The van der Waals surface area contributed by atoms with Crippen molar-refractivity contribution in [3.05, 3.63) is 91.0 Å². The minimum Gasteiger partial charge on any atom is -0.455 e. The zero-order chi connectivity index (χ0) is 19.9. The molecule has 0 aromatic heterocycles. The lowest BCUT2D eigenvalue weighted by Gasteiger charge is -2.35. The first kappa shape index (κ1) is 16.3. The fourth-order valence-electron chi connectivity index (χ4n) is 4.74. The van der Waals surface area contributed by atoms with E-state index in [1.165, 1.54) is 0 Å². The first-order valence-corrected chi connectivity index (χ1v) is 11.6. The molecule has 2 aliphatic heterocycles. The second-order valence-corrected chi connectivity index (χ2v) is 10.3. The predicted octanol–water partition coefficient (Wildman–Crippen LogP) is 5.84. The molecule has 5 aromatic carbocycles. The minimum atomic E-state index is -3.17. The van der Waals surface area contributed by atoms with Crippen molar-refractivity contribution in [2.45, 2.75) is 0 Å².